The zero-order valence-electron chi connectivity index (χ0n) is 16.5. The quantitative estimate of drug-likeness (QED) is 0.670. The van der Waals surface area contributed by atoms with Crippen LogP contribution in [0, 0.1) is 11.6 Å². The summed E-state index contributed by atoms with van der Waals surface area (Å²) in [6, 6.07) is 12.7. The molecule has 1 atom stereocenters. The van der Waals surface area contributed by atoms with Crippen LogP contribution in [0.3, 0.4) is 0 Å². The smallest absolute Gasteiger partial charge is 0.251 e. The van der Waals surface area contributed by atoms with Crippen LogP contribution in [-0.4, -0.2) is 42.3 Å². The number of nitrogens with zero attached hydrogens (tertiary/aromatic N) is 2. The van der Waals surface area contributed by atoms with Crippen LogP contribution in [0.15, 0.2) is 48.5 Å². The minimum Gasteiger partial charge on any atom is -0.497 e. The Morgan fingerprint density at radius 1 is 1.17 bits per heavy atom. The number of carbonyl (C=O) groups is 1. The Kier molecular flexibility index (Phi) is 5.65. The molecule has 2 heterocycles. The van der Waals surface area contributed by atoms with Gasteiger partial charge in [0.25, 0.3) is 5.91 Å². The molecule has 8 heteroatoms. The predicted molar refractivity (Wildman–Crippen MR) is 110 cm³/mol. The third kappa shape index (κ3) is 4.27. The van der Waals surface area contributed by atoms with Crippen LogP contribution in [0.2, 0.25) is 0 Å². The number of benzene rings is 2. The highest BCUT2D eigenvalue weighted by Gasteiger charge is 2.24. The molecule has 0 bridgehead atoms. The fourth-order valence-electron chi connectivity index (χ4n) is 3.60. The number of hydrogen-bond acceptors (Lipinski definition) is 4. The van der Waals surface area contributed by atoms with Crippen LogP contribution in [0.4, 0.5) is 14.6 Å². The minimum absolute atomic E-state index is 0.104. The molecule has 6 nitrogen and oxygen atoms in total. The summed E-state index contributed by atoms with van der Waals surface area (Å²) in [6.07, 6.45) is 1.69. The summed E-state index contributed by atoms with van der Waals surface area (Å²) in [5.41, 5.74) is 1.99. The number of methoxy groups -OCH3 is 1. The zero-order chi connectivity index (χ0) is 21.1. The Morgan fingerprint density at radius 3 is 2.70 bits per heavy atom. The van der Waals surface area contributed by atoms with Gasteiger partial charge in [0.15, 0.2) is 17.5 Å². The first-order valence-corrected chi connectivity index (χ1v) is 9.74. The van der Waals surface area contributed by atoms with E-state index in [9.17, 15) is 13.6 Å². The lowest BCUT2D eigenvalue weighted by Crippen LogP contribution is -2.48. The van der Waals surface area contributed by atoms with E-state index in [1.165, 1.54) is 6.07 Å². The third-order valence-electron chi connectivity index (χ3n) is 5.23. The SMILES string of the molecule is COc1ccc(-c2cc(N3CCC[C@H](NC(=O)c4ccc(F)c(F)c4)C3)n[nH]2)cc1. The van der Waals surface area contributed by atoms with Gasteiger partial charge in [-0.15, -0.1) is 0 Å². The van der Waals surface area contributed by atoms with Gasteiger partial charge < -0.3 is 15.0 Å². The van der Waals surface area contributed by atoms with Gasteiger partial charge >= 0.3 is 0 Å². The average molecular weight is 412 g/mol. The number of halogens is 2. The first-order valence-electron chi connectivity index (χ1n) is 9.74. The molecule has 0 unspecified atom stereocenters. The van der Waals surface area contributed by atoms with Crippen molar-refractivity contribution >= 4 is 11.7 Å². The summed E-state index contributed by atoms with van der Waals surface area (Å²) >= 11 is 0. The van der Waals surface area contributed by atoms with Gasteiger partial charge in [-0.05, 0) is 60.9 Å². The van der Waals surface area contributed by atoms with E-state index in [0.29, 0.717) is 6.54 Å². The molecule has 1 amide bonds. The van der Waals surface area contributed by atoms with Crippen molar-refractivity contribution in [2.45, 2.75) is 18.9 Å². The molecule has 1 fully saturated rings. The van der Waals surface area contributed by atoms with Gasteiger partial charge in [-0.1, -0.05) is 0 Å². The molecule has 156 valence electrons. The van der Waals surface area contributed by atoms with Crippen molar-refractivity contribution in [1.82, 2.24) is 15.5 Å². The molecule has 0 saturated carbocycles. The van der Waals surface area contributed by atoms with Crippen LogP contribution < -0.4 is 15.0 Å². The van der Waals surface area contributed by atoms with Crippen LogP contribution in [-0.2, 0) is 0 Å². The molecule has 3 aromatic rings. The van der Waals surface area contributed by atoms with E-state index in [0.717, 1.165) is 54.3 Å². The highest BCUT2D eigenvalue weighted by Crippen LogP contribution is 2.25. The molecular weight excluding hydrogens is 390 g/mol. The van der Waals surface area contributed by atoms with Crippen molar-refractivity contribution in [2.75, 3.05) is 25.1 Å². The number of ether oxygens (including phenoxy) is 1. The second-order valence-corrected chi connectivity index (χ2v) is 7.26. The Balaban J connectivity index is 1.42. The number of hydrogen-bond donors (Lipinski definition) is 2. The standard InChI is InChI=1S/C22H22F2N4O2/c1-30-17-7-4-14(5-8-17)20-12-21(27-26-20)28-10-2-3-16(13-28)25-22(29)15-6-9-18(23)19(24)11-15/h4-9,11-12,16H,2-3,10,13H2,1H3,(H,25,29)(H,26,27)/t16-/m0/s1. The van der Waals surface area contributed by atoms with Crippen molar-refractivity contribution in [3.8, 4) is 17.0 Å². The summed E-state index contributed by atoms with van der Waals surface area (Å²) in [5.74, 6) is -0.833. The second-order valence-electron chi connectivity index (χ2n) is 7.26. The van der Waals surface area contributed by atoms with Crippen molar-refractivity contribution < 1.29 is 18.3 Å². The Labute approximate surface area is 172 Å². The van der Waals surface area contributed by atoms with E-state index in [1.54, 1.807) is 7.11 Å². The zero-order valence-corrected chi connectivity index (χ0v) is 16.5. The van der Waals surface area contributed by atoms with Crippen molar-refractivity contribution in [2.24, 2.45) is 0 Å². The van der Waals surface area contributed by atoms with E-state index < -0.39 is 17.5 Å². The minimum atomic E-state index is -1.03. The van der Waals surface area contributed by atoms with Gasteiger partial charge in [-0.2, -0.15) is 5.10 Å². The molecule has 0 aliphatic carbocycles. The molecule has 1 aliphatic heterocycles. The van der Waals surface area contributed by atoms with Gasteiger partial charge in [0.05, 0.1) is 12.8 Å². The summed E-state index contributed by atoms with van der Waals surface area (Å²) in [5, 5.41) is 10.4. The number of anilines is 1. The maximum absolute atomic E-state index is 13.4. The van der Waals surface area contributed by atoms with E-state index >= 15 is 0 Å². The van der Waals surface area contributed by atoms with E-state index in [4.69, 9.17) is 4.74 Å². The molecular formula is C22H22F2N4O2. The largest absolute Gasteiger partial charge is 0.497 e. The van der Waals surface area contributed by atoms with Crippen molar-refractivity contribution in [3.63, 3.8) is 0 Å². The predicted octanol–water partition coefficient (Wildman–Crippen LogP) is 3.76. The topological polar surface area (TPSA) is 70.2 Å². The van der Waals surface area contributed by atoms with E-state index in [2.05, 4.69) is 20.4 Å². The number of aromatic nitrogens is 2. The van der Waals surface area contributed by atoms with Gasteiger partial charge in [0.1, 0.15) is 5.75 Å². The maximum atomic E-state index is 13.4. The molecule has 4 rings (SSSR count). The molecule has 0 radical (unpaired) electrons. The molecule has 2 aromatic carbocycles. The number of nitrogens with one attached hydrogen (secondary N) is 2. The first-order chi connectivity index (χ1) is 14.5. The van der Waals surface area contributed by atoms with Gasteiger partial charge in [-0.25, -0.2) is 8.78 Å². The maximum Gasteiger partial charge on any atom is 0.251 e. The molecule has 1 aromatic heterocycles. The van der Waals surface area contributed by atoms with Gasteiger partial charge in [0.2, 0.25) is 0 Å². The molecule has 0 spiro atoms. The van der Waals surface area contributed by atoms with Crippen LogP contribution >= 0.6 is 0 Å². The lowest BCUT2D eigenvalue weighted by atomic mass is 10.0. The highest BCUT2D eigenvalue weighted by atomic mass is 19.2. The summed E-state index contributed by atoms with van der Waals surface area (Å²) in [7, 11) is 1.63. The highest BCUT2D eigenvalue weighted by molar-refractivity contribution is 5.94. The molecule has 1 saturated heterocycles. The fraction of sp³-hybridized carbons (Fsp3) is 0.273. The second kappa shape index (κ2) is 8.52. The first kappa shape index (κ1) is 19.9. The van der Waals surface area contributed by atoms with Gasteiger partial charge in [0, 0.05) is 30.8 Å². The monoisotopic (exact) mass is 412 g/mol. The van der Waals surface area contributed by atoms with Gasteiger partial charge in [-0.3, -0.25) is 9.89 Å². The van der Waals surface area contributed by atoms with E-state index in [1.807, 2.05) is 30.3 Å². The number of carbonyl (C=O) groups excluding carboxylic acids is 1. The average Bonchev–Trinajstić information content (AvgIpc) is 3.26. The van der Waals surface area contributed by atoms with E-state index in [-0.39, 0.29) is 11.6 Å². The lowest BCUT2D eigenvalue weighted by molar-refractivity contribution is 0.0932. The number of H-pyrrole nitrogens is 1. The number of amides is 1. The fourth-order valence-corrected chi connectivity index (χ4v) is 3.60. The lowest BCUT2D eigenvalue weighted by Gasteiger charge is -2.33. The van der Waals surface area contributed by atoms with Crippen molar-refractivity contribution in [1.29, 1.82) is 0 Å². The Bertz CT molecular complexity index is 1040. The summed E-state index contributed by atoms with van der Waals surface area (Å²) < 4.78 is 31.7. The third-order valence-corrected chi connectivity index (χ3v) is 5.23. The number of piperidine rings is 1. The van der Waals surface area contributed by atoms with Crippen LogP contribution in [0.1, 0.15) is 23.2 Å². The normalized spacial score (nSPS) is 16.4. The summed E-state index contributed by atoms with van der Waals surface area (Å²) in [4.78, 5) is 14.5. The molecule has 1 aliphatic rings. The summed E-state index contributed by atoms with van der Waals surface area (Å²) in [6.45, 7) is 1.41. The number of rotatable bonds is 5. The van der Waals surface area contributed by atoms with Crippen LogP contribution in [0.5, 0.6) is 5.75 Å². The molecule has 2 N–H and O–H groups in total. The van der Waals surface area contributed by atoms with Crippen molar-refractivity contribution in [3.05, 3.63) is 65.7 Å². The molecule has 30 heavy (non-hydrogen) atoms. The Morgan fingerprint density at radius 2 is 1.97 bits per heavy atom. The number of aromatic amines is 1. The Hall–Kier alpha value is -3.42. The van der Waals surface area contributed by atoms with Crippen LogP contribution in [0.25, 0.3) is 11.3 Å².